The molecule has 0 bridgehead atoms. The van der Waals surface area contributed by atoms with Gasteiger partial charge in [-0.25, -0.2) is 4.79 Å². The van der Waals surface area contributed by atoms with Gasteiger partial charge in [0.1, 0.15) is 11.4 Å². The Labute approximate surface area is 260 Å². The van der Waals surface area contributed by atoms with Gasteiger partial charge >= 0.3 is 5.97 Å². The summed E-state index contributed by atoms with van der Waals surface area (Å²) in [7, 11) is 4.11. The Balaban J connectivity index is 0.000000712. The van der Waals surface area contributed by atoms with Crippen molar-refractivity contribution < 1.29 is 14.6 Å². The van der Waals surface area contributed by atoms with Crippen LogP contribution in [0.25, 0.3) is 32.8 Å². The van der Waals surface area contributed by atoms with Crippen LogP contribution >= 0.6 is 0 Å². The summed E-state index contributed by atoms with van der Waals surface area (Å²) >= 11 is 0. The predicted molar refractivity (Wildman–Crippen MR) is 179 cm³/mol. The third kappa shape index (κ3) is 6.37. The third-order valence-corrected chi connectivity index (χ3v) is 8.42. The Morgan fingerprint density at radius 1 is 0.977 bits per heavy atom. The van der Waals surface area contributed by atoms with Crippen molar-refractivity contribution in [2.24, 2.45) is 7.05 Å². The minimum atomic E-state index is -0.879. The minimum Gasteiger partial charge on any atom is -0.493 e. The van der Waals surface area contributed by atoms with E-state index in [2.05, 4.69) is 67.5 Å². The first kappa shape index (κ1) is 31.3. The molecule has 0 radical (unpaired) electrons. The molecule has 0 saturated heterocycles. The number of nitrogens with zero attached hydrogens (tertiary/aromatic N) is 4. The highest BCUT2D eigenvalue weighted by Gasteiger charge is 2.27. The fourth-order valence-corrected chi connectivity index (χ4v) is 6.48. The minimum absolute atomic E-state index is 0.397. The molecule has 3 aromatic carbocycles. The molecule has 0 spiro atoms. The number of aryl methyl sites for hydroxylation is 4. The van der Waals surface area contributed by atoms with Crippen LogP contribution in [-0.4, -0.2) is 63.6 Å². The monoisotopic (exact) mass is 595 g/mol. The van der Waals surface area contributed by atoms with E-state index >= 15 is 0 Å². The third-order valence-electron chi connectivity index (χ3n) is 8.42. The average Bonchev–Trinajstić information content (AvgIpc) is 3.48. The first-order valence-corrected chi connectivity index (χ1v) is 15.8. The number of rotatable bonds is 8. The van der Waals surface area contributed by atoms with E-state index in [-0.39, 0.29) is 0 Å². The van der Waals surface area contributed by atoms with Gasteiger partial charge in [-0.05, 0) is 69.9 Å². The van der Waals surface area contributed by atoms with Gasteiger partial charge in [0.2, 0.25) is 0 Å². The number of carboxylic acids is 1. The Morgan fingerprint density at radius 2 is 1.70 bits per heavy atom. The van der Waals surface area contributed by atoms with Crippen LogP contribution in [0.15, 0.2) is 60.7 Å². The molecule has 2 aromatic heterocycles. The van der Waals surface area contributed by atoms with E-state index in [1.165, 1.54) is 0 Å². The lowest BCUT2D eigenvalue weighted by molar-refractivity contribution is 0.0684. The maximum absolute atomic E-state index is 12.8. The number of carboxylic acid groups (broad SMARTS) is 1. The SMILES string of the molecule is CCNCC.Cc1nn(C)c2c1-c1cccc3c(CCCOc4cccc5ccccc45)c(C(=O)O)n(c13)CCCN(C)C2. The Morgan fingerprint density at radius 3 is 2.45 bits per heavy atom. The molecule has 8 nitrogen and oxygen atoms in total. The molecule has 0 saturated carbocycles. The van der Waals surface area contributed by atoms with Crippen LogP contribution in [0.2, 0.25) is 0 Å². The maximum Gasteiger partial charge on any atom is 0.352 e. The molecule has 5 aromatic rings. The van der Waals surface area contributed by atoms with Crippen LogP contribution in [-0.2, 0) is 26.6 Å². The van der Waals surface area contributed by atoms with Gasteiger partial charge in [-0.1, -0.05) is 68.4 Å². The van der Waals surface area contributed by atoms with Gasteiger partial charge in [0, 0.05) is 42.0 Å². The predicted octanol–water partition coefficient (Wildman–Crippen LogP) is 6.66. The average molecular weight is 596 g/mol. The van der Waals surface area contributed by atoms with Crippen molar-refractivity contribution in [3.05, 3.63) is 83.3 Å². The summed E-state index contributed by atoms with van der Waals surface area (Å²) in [6, 6.07) is 20.5. The van der Waals surface area contributed by atoms with Gasteiger partial charge in [0.05, 0.1) is 23.5 Å². The van der Waals surface area contributed by atoms with E-state index in [0.29, 0.717) is 31.7 Å². The van der Waals surface area contributed by atoms with E-state index in [1.54, 1.807) is 0 Å². The first-order valence-electron chi connectivity index (χ1n) is 15.8. The molecule has 6 rings (SSSR count). The molecule has 2 N–H and O–H groups in total. The number of nitrogens with one attached hydrogen (secondary N) is 1. The second-order valence-corrected chi connectivity index (χ2v) is 11.5. The number of ether oxygens (including phenoxy) is 1. The summed E-state index contributed by atoms with van der Waals surface area (Å²) < 4.78 is 10.2. The van der Waals surface area contributed by atoms with Crippen molar-refractivity contribution in [1.82, 2.24) is 24.6 Å². The van der Waals surface area contributed by atoms with E-state index in [0.717, 1.165) is 88.1 Å². The highest BCUT2D eigenvalue weighted by molar-refractivity contribution is 6.04. The summed E-state index contributed by atoms with van der Waals surface area (Å²) in [5, 5.41) is 21.6. The van der Waals surface area contributed by atoms with Crippen LogP contribution in [0.5, 0.6) is 5.75 Å². The van der Waals surface area contributed by atoms with Crippen molar-refractivity contribution in [1.29, 1.82) is 0 Å². The first-order chi connectivity index (χ1) is 21.3. The Bertz CT molecular complexity index is 1740. The van der Waals surface area contributed by atoms with Crippen molar-refractivity contribution in [2.45, 2.75) is 53.1 Å². The zero-order valence-electron chi connectivity index (χ0n) is 26.7. The summed E-state index contributed by atoms with van der Waals surface area (Å²) in [5.41, 5.74) is 6.57. The normalized spacial score (nSPS) is 13.4. The summed E-state index contributed by atoms with van der Waals surface area (Å²) in [5.74, 6) is -0.0194. The largest absolute Gasteiger partial charge is 0.493 e. The highest BCUT2D eigenvalue weighted by Crippen LogP contribution is 2.39. The molecule has 8 heteroatoms. The van der Waals surface area contributed by atoms with Gasteiger partial charge in [-0.2, -0.15) is 5.10 Å². The number of benzene rings is 3. The van der Waals surface area contributed by atoms with Crippen molar-refractivity contribution in [2.75, 3.05) is 33.3 Å². The van der Waals surface area contributed by atoms with E-state index in [4.69, 9.17) is 9.84 Å². The lowest BCUT2D eigenvalue weighted by Crippen LogP contribution is -2.23. The molecule has 0 atom stereocenters. The van der Waals surface area contributed by atoms with Crippen molar-refractivity contribution in [3.63, 3.8) is 0 Å². The van der Waals surface area contributed by atoms with E-state index in [9.17, 15) is 9.90 Å². The number of aromatic carboxylic acids is 1. The zero-order valence-corrected chi connectivity index (χ0v) is 26.7. The van der Waals surface area contributed by atoms with Crippen LogP contribution in [0.1, 0.15) is 54.1 Å². The molecular weight excluding hydrogens is 550 g/mol. The fraction of sp³-hybridized carbons (Fsp3) is 0.389. The van der Waals surface area contributed by atoms with Gasteiger partial charge in [0.15, 0.2) is 0 Å². The summed E-state index contributed by atoms with van der Waals surface area (Å²) in [4.78, 5) is 15.1. The van der Waals surface area contributed by atoms with Crippen LogP contribution < -0.4 is 10.1 Å². The van der Waals surface area contributed by atoms with Crippen molar-refractivity contribution in [3.8, 4) is 16.9 Å². The topological polar surface area (TPSA) is 84.5 Å². The van der Waals surface area contributed by atoms with Gasteiger partial charge < -0.3 is 24.6 Å². The fourth-order valence-electron chi connectivity index (χ4n) is 6.48. The summed E-state index contributed by atoms with van der Waals surface area (Å²) in [6.07, 6.45) is 2.20. The molecular formula is C36H45N5O3. The number of para-hydroxylation sites is 1. The standard InChI is InChI=1S/C32H34N4O3.C4H11N/c1-21-29-26-14-7-13-24-25(15-8-19-39-28-16-6-11-22-10-4-5-12-23(22)28)31(32(37)38)36(30(24)26)18-9-17-34(2)20-27(29)35(3)33-21;1-3-5-4-2/h4-7,10-14,16H,8-9,15,17-20H2,1-3H3,(H,37,38);5H,3-4H2,1-2H3. The number of fused-ring (bicyclic) bond motifs is 3. The quantitative estimate of drug-likeness (QED) is 0.195. The van der Waals surface area contributed by atoms with E-state index in [1.807, 2.05) is 47.5 Å². The number of aromatic nitrogens is 3. The lowest BCUT2D eigenvalue weighted by Gasteiger charge is -2.21. The van der Waals surface area contributed by atoms with Gasteiger partial charge in [0.25, 0.3) is 0 Å². The number of hydrogen-bond acceptors (Lipinski definition) is 5. The second-order valence-electron chi connectivity index (χ2n) is 11.5. The molecule has 0 aliphatic carbocycles. The van der Waals surface area contributed by atoms with E-state index < -0.39 is 5.97 Å². The molecule has 44 heavy (non-hydrogen) atoms. The molecule has 0 fully saturated rings. The van der Waals surface area contributed by atoms with Crippen LogP contribution in [0.3, 0.4) is 0 Å². The second kappa shape index (κ2) is 14.1. The lowest BCUT2D eigenvalue weighted by atomic mass is 9.98. The number of carbonyl (C=O) groups is 1. The Hall–Kier alpha value is -4.14. The van der Waals surface area contributed by atoms with Crippen LogP contribution in [0, 0.1) is 6.92 Å². The highest BCUT2D eigenvalue weighted by atomic mass is 16.5. The number of hydrogen-bond donors (Lipinski definition) is 2. The van der Waals surface area contributed by atoms with Crippen molar-refractivity contribution >= 4 is 27.6 Å². The van der Waals surface area contributed by atoms with Gasteiger partial charge in [-0.3, -0.25) is 4.68 Å². The molecule has 0 unspecified atom stereocenters. The smallest absolute Gasteiger partial charge is 0.352 e. The molecule has 1 aliphatic heterocycles. The molecule has 3 heterocycles. The molecule has 1 aliphatic rings. The molecule has 232 valence electrons. The van der Waals surface area contributed by atoms with Crippen LogP contribution in [0.4, 0.5) is 0 Å². The Kier molecular flexibility index (Phi) is 10.0. The maximum atomic E-state index is 12.8. The van der Waals surface area contributed by atoms with Gasteiger partial charge in [-0.15, -0.1) is 0 Å². The zero-order chi connectivity index (χ0) is 31.2. The molecule has 0 amide bonds. The summed E-state index contributed by atoms with van der Waals surface area (Å²) in [6.45, 7) is 11.3.